The molecule has 0 bridgehead atoms. The average molecular weight is 457 g/mol. The van der Waals surface area contributed by atoms with Gasteiger partial charge in [0.05, 0.1) is 6.61 Å². The number of unbranched alkanes of at least 4 members (excludes halogenated alkanes) is 14. The molecule has 4 nitrogen and oxygen atoms in total. The summed E-state index contributed by atoms with van der Waals surface area (Å²) in [7, 11) is -4.60. The second-order valence-corrected chi connectivity index (χ2v) is 9.11. The van der Waals surface area contributed by atoms with Crippen LogP contribution in [0.15, 0.2) is 12.2 Å². The van der Waals surface area contributed by atoms with Crippen LogP contribution in [-0.2, 0) is 14.6 Å². The van der Waals surface area contributed by atoms with Gasteiger partial charge >= 0.3 is 51.4 Å². The molecule has 0 aromatic rings. The molecule has 0 radical (unpaired) electrons. The van der Waals surface area contributed by atoms with Crippen molar-refractivity contribution < 1.29 is 68.5 Å². The third-order valence-electron chi connectivity index (χ3n) is 5.24. The second kappa shape index (κ2) is 23.9. The van der Waals surface area contributed by atoms with E-state index in [0.717, 1.165) is 32.1 Å². The predicted molar refractivity (Wildman–Crippen MR) is 118 cm³/mol. The summed E-state index contributed by atoms with van der Waals surface area (Å²) in [5.74, 6) is 0.0216. The van der Waals surface area contributed by atoms with Gasteiger partial charge in [-0.15, -0.1) is 0 Å². The Balaban J connectivity index is 0. The number of hydrogen-bond donors (Lipinski definition) is 0. The largest absolute Gasteiger partial charge is 1.00 e. The summed E-state index contributed by atoms with van der Waals surface area (Å²) in [6.07, 6.45) is 25.4. The van der Waals surface area contributed by atoms with Crippen LogP contribution in [0.25, 0.3) is 0 Å². The molecule has 1 unspecified atom stereocenters. The predicted octanol–water partition coefficient (Wildman–Crippen LogP) is 4.31. The van der Waals surface area contributed by atoms with E-state index in [2.05, 4.69) is 24.1 Å². The third-order valence-corrected chi connectivity index (χ3v) is 5.66. The number of allylic oxidation sites excluding steroid dienone is 1. The quantitative estimate of drug-likeness (QED) is 0.0848. The van der Waals surface area contributed by atoms with E-state index in [-0.39, 0.29) is 63.9 Å². The Bertz CT molecular complexity index is 452. The van der Waals surface area contributed by atoms with Gasteiger partial charge in [-0.3, -0.25) is 4.18 Å². The van der Waals surface area contributed by atoms with Crippen LogP contribution in [0.3, 0.4) is 0 Å². The first-order valence-corrected chi connectivity index (χ1v) is 13.1. The molecule has 0 aliphatic heterocycles. The van der Waals surface area contributed by atoms with Gasteiger partial charge in [0, 0.05) is 5.92 Å². The van der Waals surface area contributed by atoms with Crippen LogP contribution in [-0.4, -0.2) is 19.6 Å². The average Bonchev–Trinajstić information content (AvgIpc) is 2.65. The molecule has 1 atom stereocenters. The first-order valence-electron chi connectivity index (χ1n) is 11.8. The van der Waals surface area contributed by atoms with E-state index in [1.54, 1.807) is 0 Å². The fourth-order valence-corrected chi connectivity index (χ4v) is 3.78. The van der Waals surface area contributed by atoms with E-state index >= 15 is 0 Å². The van der Waals surface area contributed by atoms with Gasteiger partial charge in [0.25, 0.3) is 0 Å². The number of rotatable bonds is 21. The first-order chi connectivity index (χ1) is 13.5. The topological polar surface area (TPSA) is 66.4 Å². The first kappa shape index (κ1) is 32.4. The van der Waals surface area contributed by atoms with Crippen molar-refractivity contribution in [2.24, 2.45) is 5.92 Å². The van der Waals surface area contributed by atoms with Gasteiger partial charge in [-0.05, 0) is 12.8 Å². The molecule has 0 aliphatic rings. The molecule has 0 fully saturated rings. The Labute approximate surface area is 224 Å². The van der Waals surface area contributed by atoms with Gasteiger partial charge in [-0.25, -0.2) is 8.42 Å². The van der Waals surface area contributed by atoms with Crippen LogP contribution in [0, 0.1) is 5.92 Å². The fraction of sp³-hybridized carbons (Fsp3) is 0.913. The maximum atomic E-state index is 10.7. The smallest absolute Gasteiger partial charge is 0.726 e. The molecule has 0 saturated carbocycles. The van der Waals surface area contributed by atoms with Gasteiger partial charge in [-0.1, -0.05) is 122 Å². The van der Waals surface area contributed by atoms with Gasteiger partial charge in [0.1, 0.15) is 0 Å². The second-order valence-electron chi connectivity index (χ2n) is 8.05. The Hall–Kier alpha value is 1.25. The Morgan fingerprint density at radius 3 is 1.66 bits per heavy atom. The normalized spacial score (nSPS) is 12.9. The molecule has 0 heterocycles. The van der Waals surface area contributed by atoms with Crippen LogP contribution in [0.4, 0.5) is 0 Å². The van der Waals surface area contributed by atoms with E-state index in [9.17, 15) is 13.0 Å². The van der Waals surface area contributed by atoms with Crippen molar-refractivity contribution in [1.29, 1.82) is 0 Å². The SMILES string of the molecule is CCCC/C=C/C(CCCCCCCCCCCCCCC)COS(=O)(=O)[O-].[K+]. The molecule has 0 aromatic heterocycles. The molecule has 0 saturated heterocycles. The molecular formula is C23H45KO4S. The minimum atomic E-state index is -4.60. The van der Waals surface area contributed by atoms with E-state index in [1.165, 1.54) is 77.0 Å². The van der Waals surface area contributed by atoms with Gasteiger partial charge in [0.2, 0.25) is 10.4 Å². The van der Waals surface area contributed by atoms with E-state index in [4.69, 9.17) is 0 Å². The van der Waals surface area contributed by atoms with Crippen molar-refractivity contribution >= 4 is 10.4 Å². The van der Waals surface area contributed by atoms with Crippen molar-refractivity contribution in [2.45, 2.75) is 123 Å². The van der Waals surface area contributed by atoms with E-state index < -0.39 is 10.4 Å². The van der Waals surface area contributed by atoms with Crippen LogP contribution in [0.2, 0.25) is 0 Å². The summed E-state index contributed by atoms with van der Waals surface area (Å²) in [6.45, 7) is 4.38. The van der Waals surface area contributed by atoms with Crippen molar-refractivity contribution in [2.75, 3.05) is 6.61 Å². The monoisotopic (exact) mass is 456 g/mol. The molecule has 0 amide bonds. The molecule has 0 spiro atoms. The standard InChI is InChI=1S/C23H46O4S.K/c1-3-5-7-9-10-11-12-13-14-15-16-17-19-21-23(20-18-8-6-4-2)22-27-28(24,25)26;/h18,20,23H,3-17,19,21-22H2,1-2H3,(H,24,25,26);/q;+1/p-1/b20-18+;. The Morgan fingerprint density at radius 1 is 0.759 bits per heavy atom. The minimum absolute atomic E-state index is 0. The molecule has 29 heavy (non-hydrogen) atoms. The summed E-state index contributed by atoms with van der Waals surface area (Å²) in [5.41, 5.74) is 0. The van der Waals surface area contributed by atoms with Crippen molar-refractivity contribution in [3.05, 3.63) is 12.2 Å². The van der Waals surface area contributed by atoms with Crippen molar-refractivity contribution in [1.82, 2.24) is 0 Å². The van der Waals surface area contributed by atoms with Crippen LogP contribution < -0.4 is 51.4 Å². The van der Waals surface area contributed by atoms with Crippen LogP contribution in [0.1, 0.15) is 123 Å². The molecule has 168 valence electrons. The molecule has 6 heteroatoms. The maximum absolute atomic E-state index is 10.7. The van der Waals surface area contributed by atoms with Gasteiger partial charge in [-0.2, -0.15) is 0 Å². The van der Waals surface area contributed by atoms with Gasteiger partial charge in [0.15, 0.2) is 0 Å². The summed E-state index contributed by atoms with van der Waals surface area (Å²) in [6, 6.07) is 0. The zero-order chi connectivity index (χ0) is 20.9. The maximum Gasteiger partial charge on any atom is 1.00 e. The van der Waals surface area contributed by atoms with E-state index in [1.807, 2.05) is 6.08 Å². The van der Waals surface area contributed by atoms with Crippen molar-refractivity contribution in [3.8, 4) is 0 Å². The summed E-state index contributed by atoms with van der Waals surface area (Å²) >= 11 is 0. The molecule has 0 rings (SSSR count). The molecule has 0 aliphatic carbocycles. The summed E-state index contributed by atoms with van der Waals surface area (Å²) in [4.78, 5) is 0. The number of hydrogen-bond acceptors (Lipinski definition) is 4. The Kier molecular flexibility index (Phi) is 26.7. The van der Waals surface area contributed by atoms with Crippen LogP contribution >= 0.6 is 0 Å². The summed E-state index contributed by atoms with van der Waals surface area (Å²) < 4.78 is 36.6. The molecule has 0 aromatic carbocycles. The Morgan fingerprint density at radius 2 is 1.21 bits per heavy atom. The summed E-state index contributed by atoms with van der Waals surface area (Å²) in [5, 5.41) is 0. The fourth-order valence-electron chi connectivity index (χ4n) is 3.44. The zero-order valence-corrected chi connectivity index (χ0v) is 23.4. The molecular weight excluding hydrogens is 411 g/mol. The van der Waals surface area contributed by atoms with Gasteiger partial charge < -0.3 is 4.55 Å². The minimum Gasteiger partial charge on any atom is -0.726 e. The molecule has 0 N–H and O–H groups in total. The van der Waals surface area contributed by atoms with Crippen LogP contribution in [0.5, 0.6) is 0 Å². The third kappa shape index (κ3) is 27.2. The van der Waals surface area contributed by atoms with Crippen molar-refractivity contribution in [3.63, 3.8) is 0 Å². The van der Waals surface area contributed by atoms with E-state index in [0.29, 0.717) is 0 Å². The zero-order valence-electron chi connectivity index (χ0n) is 19.5.